The predicted molar refractivity (Wildman–Crippen MR) is 86.0 cm³/mol. The van der Waals surface area contributed by atoms with Crippen molar-refractivity contribution in [3.63, 3.8) is 0 Å². The van der Waals surface area contributed by atoms with Gasteiger partial charge in [0.1, 0.15) is 5.82 Å². The fourth-order valence-corrected chi connectivity index (χ4v) is 3.06. The number of nitrogens with zero attached hydrogens (tertiary/aromatic N) is 4. The lowest BCUT2D eigenvalue weighted by Gasteiger charge is -2.28. The van der Waals surface area contributed by atoms with Gasteiger partial charge in [0.15, 0.2) is 0 Å². The monoisotopic (exact) mass is 357 g/mol. The van der Waals surface area contributed by atoms with Crippen molar-refractivity contribution in [2.75, 3.05) is 11.9 Å². The molecule has 0 aromatic carbocycles. The van der Waals surface area contributed by atoms with E-state index >= 15 is 0 Å². The Morgan fingerprint density at radius 3 is 2.71 bits per heavy atom. The van der Waals surface area contributed by atoms with Crippen LogP contribution in [0, 0.1) is 5.92 Å². The number of aliphatic hydroxyl groups is 1. The van der Waals surface area contributed by atoms with Crippen molar-refractivity contribution >= 4 is 17.4 Å². The van der Waals surface area contributed by atoms with Gasteiger partial charge in [-0.15, -0.1) is 0 Å². The van der Waals surface area contributed by atoms with Crippen molar-refractivity contribution in [1.82, 2.24) is 19.7 Å². The molecule has 24 heavy (non-hydrogen) atoms. The van der Waals surface area contributed by atoms with Crippen LogP contribution in [0.25, 0.3) is 11.3 Å². The highest BCUT2D eigenvalue weighted by molar-refractivity contribution is 6.28. The SMILES string of the molecule is OCC1CCC(Nc2nc(Cl)ncc2-c2ccn(C(F)F)n2)CC1. The number of aromatic nitrogens is 4. The van der Waals surface area contributed by atoms with Crippen molar-refractivity contribution in [2.24, 2.45) is 5.92 Å². The van der Waals surface area contributed by atoms with Gasteiger partial charge in [0.2, 0.25) is 5.28 Å². The molecule has 1 fully saturated rings. The molecule has 1 saturated carbocycles. The number of alkyl halides is 2. The summed E-state index contributed by atoms with van der Waals surface area (Å²) in [5, 5.41) is 16.5. The lowest BCUT2D eigenvalue weighted by atomic mass is 9.86. The van der Waals surface area contributed by atoms with E-state index in [1.807, 2.05) is 0 Å². The van der Waals surface area contributed by atoms with E-state index < -0.39 is 6.55 Å². The summed E-state index contributed by atoms with van der Waals surface area (Å²) in [7, 11) is 0. The van der Waals surface area contributed by atoms with Crippen LogP contribution in [0.1, 0.15) is 32.2 Å². The molecule has 2 heterocycles. The Hall–Kier alpha value is -1.80. The van der Waals surface area contributed by atoms with Crippen LogP contribution < -0.4 is 5.32 Å². The first-order valence-electron chi connectivity index (χ1n) is 7.80. The van der Waals surface area contributed by atoms with E-state index in [0.717, 1.165) is 25.7 Å². The molecule has 0 unspecified atom stereocenters. The summed E-state index contributed by atoms with van der Waals surface area (Å²) in [6, 6.07) is 1.68. The second kappa shape index (κ2) is 7.40. The minimum absolute atomic E-state index is 0.0820. The van der Waals surface area contributed by atoms with Crippen molar-refractivity contribution in [2.45, 2.75) is 38.3 Å². The predicted octanol–water partition coefficient (Wildman–Crippen LogP) is 3.35. The number of anilines is 1. The zero-order chi connectivity index (χ0) is 17.1. The zero-order valence-electron chi connectivity index (χ0n) is 12.9. The molecule has 3 rings (SSSR count). The van der Waals surface area contributed by atoms with E-state index in [1.165, 1.54) is 18.5 Å². The first-order chi connectivity index (χ1) is 11.6. The van der Waals surface area contributed by atoms with Gasteiger partial charge in [-0.3, -0.25) is 0 Å². The Balaban J connectivity index is 1.80. The molecule has 6 nitrogen and oxygen atoms in total. The molecule has 2 N–H and O–H groups in total. The van der Waals surface area contributed by atoms with Gasteiger partial charge in [-0.05, 0) is 49.3 Å². The zero-order valence-corrected chi connectivity index (χ0v) is 13.6. The summed E-state index contributed by atoms with van der Waals surface area (Å²) in [4.78, 5) is 8.13. The third-order valence-electron chi connectivity index (χ3n) is 4.29. The first kappa shape index (κ1) is 17.0. The maximum Gasteiger partial charge on any atom is 0.333 e. The standard InChI is InChI=1S/C15H18ClF2N5O/c16-14-19-7-11(12-5-6-23(22-12)15(17)18)13(21-14)20-10-3-1-9(8-24)2-4-10/h5-7,9-10,15,24H,1-4,8H2,(H,19,20,21). The Labute approximate surface area is 142 Å². The Morgan fingerprint density at radius 1 is 1.33 bits per heavy atom. The van der Waals surface area contributed by atoms with Crippen LogP contribution in [-0.4, -0.2) is 37.5 Å². The van der Waals surface area contributed by atoms with Crippen molar-refractivity contribution < 1.29 is 13.9 Å². The molecular weight excluding hydrogens is 340 g/mol. The molecule has 0 atom stereocenters. The lowest BCUT2D eigenvalue weighted by Crippen LogP contribution is -2.28. The number of nitrogens with one attached hydrogen (secondary N) is 1. The van der Waals surface area contributed by atoms with E-state index in [-0.39, 0.29) is 17.9 Å². The highest BCUT2D eigenvalue weighted by Gasteiger charge is 2.22. The van der Waals surface area contributed by atoms with E-state index in [1.54, 1.807) is 0 Å². The Kier molecular flexibility index (Phi) is 5.25. The number of hydrogen-bond acceptors (Lipinski definition) is 5. The second-order valence-corrected chi connectivity index (χ2v) is 6.24. The maximum absolute atomic E-state index is 12.7. The topological polar surface area (TPSA) is 75.9 Å². The molecule has 0 amide bonds. The molecule has 0 bridgehead atoms. The Morgan fingerprint density at radius 2 is 2.08 bits per heavy atom. The summed E-state index contributed by atoms with van der Waals surface area (Å²) in [6.07, 6.45) is 6.36. The van der Waals surface area contributed by atoms with Gasteiger partial charge in [0.05, 0.1) is 11.3 Å². The number of hydrogen-bond donors (Lipinski definition) is 2. The third-order valence-corrected chi connectivity index (χ3v) is 4.47. The summed E-state index contributed by atoms with van der Waals surface area (Å²) in [5.74, 6) is 0.834. The minimum Gasteiger partial charge on any atom is -0.396 e. The molecule has 130 valence electrons. The summed E-state index contributed by atoms with van der Waals surface area (Å²) in [6.45, 7) is -2.49. The van der Waals surface area contributed by atoms with Gasteiger partial charge in [0, 0.05) is 25.0 Å². The van der Waals surface area contributed by atoms with E-state index in [4.69, 9.17) is 11.6 Å². The molecule has 0 spiro atoms. The molecule has 0 saturated heterocycles. The van der Waals surface area contributed by atoms with Crippen LogP contribution in [0.5, 0.6) is 0 Å². The lowest BCUT2D eigenvalue weighted by molar-refractivity contribution is 0.0568. The molecule has 2 aromatic heterocycles. The van der Waals surface area contributed by atoms with Crippen molar-refractivity contribution in [3.8, 4) is 11.3 Å². The molecule has 1 aliphatic carbocycles. The van der Waals surface area contributed by atoms with E-state index in [9.17, 15) is 13.9 Å². The summed E-state index contributed by atoms with van der Waals surface area (Å²) in [5.41, 5.74) is 0.890. The average Bonchev–Trinajstić information content (AvgIpc) is 3.06. The highest BCUT2D eigenvalue weighted by atomic mass is 35.5. The fraction of sp³-hybridized carbons (Fsp3) is 0.533. The summed E-state index contributed by atoms with van der Waals surface area (Å²) >= 11 is 5.88. The van der Waals surface area contributed by atoms with Crippen molar-refractivity contribution in [3.05, 3.63) is 23.7 Å². The van der Waals surface area contributed by atoms with Crippen LogP contribution in [0.4, 0.5) is 14.6 Å². The quantitative estimate of drug-likeness (QED) is 0.802. The largest absolute Gasteiger partial charge is 0.396 e. The van der Waals surface area contributed by atoms with Gasteiger partial charge in [-0.2, -0.15) is 13.9 Å². The van der Waals surface area contributed by atoms with Crippen LogP contribution in [0.2, 0.25) is 5.28 Å². The number of halogens is 3. The van der Waals surface area contributed by atoms with Crippen molar-refractivity contribution in [1.29, 1.82) is 0 Å². The summed E-state index contributed by atoms with van der Waals surface area (Å²) < 4.78 is 26.0. The normalized spacial score (nSPS) is 21.2. The van der Waals surface area contributed by atoms with Crippen LogP contribution in [0.15, 0.2) is 18.5 Å². The highest BCUT2D eigenvalue weighted by Crippen LogP contribution is 2.30. The van der Waals surface area contributed by atoms with Crippen LogP contribution in [0.3, 0.4) is 0 Å². The van der Waals surface area contributed by atoms with Gasteiger partial charge < -0.3 is 10.4 Å². The van der Waals surface area contributed by atoms with E-state index in [0.29, 0.717) is 27.7 Å². The number of rotatable bonds is 5. The molecule has 0 aliphatic heterocycles. The number of aliphatic hydroxyl groups excluding tert-OH is 1. The van der Waals surface area contributed by atoms with Gasteiger partial charge in [-0.25, -0.2) is 14.6 Å². The smallest absolute Gasteiger partial charge is 0.333 e. The van der Waals surface area contributed by atoms with Crippen LogP contribution >= 0.6 is 11.6 Å². The first-order valence-corrected chi connectivity index (χ1v) is 8.18. The maximum atomic E-state index is 12.7. The molecule has 1 aliphatic rings. The van der Waals surface area contributed by atoms with Gasteiger partial charge >= 0.3 is 6.55 Å². The molecule has 9 heteroatoms. The minimum atomic E-state index is -2.70. The molecular formula is C15H18ClF2N5O. The Bertz CT molecular complexity index is 688. The second-order valence-electron chi connectivity index (χ2n) is 5.90. The fourth-order valence-electron chi connectivity index (χ4n) is 2.93. The van der Waals surface area contributed by atoms with Crippen LogP contribution in [-0.2, 0) is 0 Å². The van der Waals surface area contributed by atoms with Gasteiger partial charge in [0.25, 0.3) is 0 Å². The molecule has 0 radical (unpaired) electrons. The van der Waals surface area contributed by atoms with E-state index in [2.05, 4.69) is 20.4 Å². The average molecular weight is 358 g/mol. The third kappa shape index (κ3) is 3.81. The molecule has 2 aromatic rings. The van der Waals surface area contributed by atoms with Gasteiger partial charge in [-0.1, -0.05) is 0 Å².